The zero-order chi connectivity index (χ0) is 21.2. The van der Waals surface area contributed by atoms with Crippen molar-refractivity contribution in [3.8, 4) is 0 Å². The summed E-state index contributed by atoms with van der Waals surface area (Å²) in [6.45, 7) is 4.43. The molecule has 0 radical (unpaired) electrons. The maximum absolute atomic E-state index is 13.3. The molecule has 0 amide bonds. The van der Waals surface area contributed by atoms with Gasteiger partial charge < -0.3 is 10.2 Å². The van der Waals surface area contributed by atoms with Crippen molar-refractivity contribution in [2.24, 2.45) is 11.1 Å². The van der Waals surface area contributed by atoms with Gasteiger partial charge in [0.05, 0.1) is 10.5 Å². The van der Waals surface area contributed by atoms with Crippen LogP contribution in [0.2, 0.25) is 0 Å². The number of anilines is 2. The Morgan fingerprint density at radius 3 is 2.28 bits per heavy atom. The lowest BCUT2D eigenvalue weighted by molar-refractivity contribution is -0.137. The van der Waals surface area contributed by atoms with E-state index < -0.39 is 26.7 Å². The summed E-state index contributed by atoms with van der Waals surface area (Å²) < 4.78 is 62.8. The van der Waals surface area contributed by atoms with Crippen LogP contribution >= 0.6 is 0 Å². The van der Waals surface area contributed by atoms with Gasteiger partial charge in [0.25, 0.3) is 0 Å². The largest absolute Gasteiger partial charge is 0.418 e. The Bertz CT molecular complexity index is 952. The lowest BCUT2D eigenvalue weighted by Crippen LogP contribution is -2.32. The van der Waals surface area contributed by atoms with Crippen LogP contribution in [0, 0.1) is 5.92 Å². The molecule has 5 nitrogen and oxygen atoms in total. The van der Waals surface area contributed by atoms with Crippen molar-refractivity contribution in [1.82, 2.24) is 0 Å². The minimum atomic E-state index is -4.71. The van der Waals surface area contributed by atoms with Gasteiger partial charge in [-0.2, -0.15) is 13.2 Å². The molecular formula is C20H24F3N3O2S. The van der Waals surface area contributed by atoms with Crippen LogP contribution in [-0.4, -0.2) is 21.5 Å². The fourth-order valence-electron chi connectivity index (χ4n) is 3.38. The number of halogens is 3. The Hall–Kier alpha value is -2.26. The number of hydrogen-bond donors (Lipinski definition) is 2. The van der Waals surface area contributed by atoms with Crippen molar-refractivity contribution in [2.45, 2.75) is 37.4 Å². The summed E-state index contributed by atoms with van der Waals surface area (Å²) in [5, 5.41) is 7.70. The quantitative estimate of drug-likeness (QED) is 0.750. The van der Waals surface area contributed by atoms with Gasteiger partial charge in [0.1, 0.15) is 0 Å². The first-order valence-corrected chi connectivity index (χ1v) is 10.9. The van der Waals surface area contributed by atoms with E-state index in [9.17, 15) is 21.6 Å². The Kier molecular flexibility index (Phi) is 6.09. The molecule has 9 heteroatoms. The SMILES string of the molecule is CC1CCN(c2ccc(CNc3ccc(S(N)(=O)=O)cc3C(F)(F)F)cc2)CC1. The minimum Gasteiger partial charge on any atom is -0.380 e. The topological polar surface area (TPSA) is 75.4 Å². The first-order valence-electron chi connectivity index (χ1n) is 9.36. The average Bonchev–Trinajstić information content (AvgIpc) is 2.66. The number of hydrogen-bond acceptors (Lipinski definition) is 4. The van der Waals surface area contributed by atoms with Gasteiger partial charge in [-0.1, -0.05) is 19.1 Å². The first kappa shape index (κ1) is 21.4. The molecule has 0 aliphatic carbocycles. The van der Waals surface area contributed by atoms with E-state index in [0.717, 1.165) is 55.2 Å². The van der Waals surface area contributed by atoms with E-state index in [-0.39, 0.29) is 12.2 Å². The lowest BCUT2D eigenvalue weighted by atomic mass is 9.98. The van der Waals surface area contributed by atoms with E-state index in [4.69, 9.17) is 5.14 Å². The summed E-state index contributed by atoms with van der Waals surface area (Å²) in [7, 11) is -4.22. The average molecular weight is 427 g/mol. The molecule has 0 aromatic heterocycles. The molecule has 1 fully saturated rings. The summed E-state index contributed by atoms with van der Waals surface area (Å²) >= 11 is 0. The summed E-state index contributed by atoms with van der Waals surface area (Å²) in [5.41, 5.74) is 0.666. The van der Waals surface area contributed by atoms with Crippen molar-refractivity contribution in [3.63, 3.8) is 0 Å². The van der Waals surface area contributed by atoms with Gasteiger partial charge >= 0.3 is 6.18 Å². The Morgan fingerprint density at radius 1 is 1.10 bits per heavy atom. The van der Waals surface area contributed by atoms with Crippen LogP contribution in [0.1, 0.15) is 30.9 Å². The zero-order valence-corrected chi connectivity index (χ0v) is 16.9. The van der Waals surface area contributed by atoms with E-state index in [1.165, 1.54) is 0 Å². The second-order valence-corrected chi connectivity index (χ2v) is 9.00. The van der Waals surface area contributed by atoms with Crippen LogP contribution in [0.3, 0.4) is 0 Å². The minimum absolute atomic E-state index is 0.176. The number of nitrogens with two attached hydrogens (primary N) is 1. The highest BCUT2D eigenvalue weighted by Crippen LogP contribution is 2.36. The monoisotopic (exact) mass is 427 g/mol. The molecule has 0 bridgehead atoms. The highest BCUT2D eigenvalue weighted by Gasteiger charge is 2.34. The molecule has 158 valence electrons. The number of primary sulfonamides is 1. The summed E-state index contributed by atoms with van der Waals surface area (Å²) in [4.78, 5) is 1.74. The molecule has 0 atom stereocenters. The molecule has 1 heterocycles. The Balaban J connectivity index is 1.72. The van der Waals surface area contributed by atoms with Crippen LogP contribution in [0.5, 0.6) is 0 Å². The molecule has 3 N–H and O–H groups in total. The molecule has 0 unspecified atom stereocenters. The third kappa shape index (κ3) is 5.42. The van der Waals surface area contributed by atoms with Gasteiger partial charge in [0.15, 0.2) is 0 Å². The Morgan fingerprint density at radius 2 is 1.72 bits per heavy atom. The summed E-state index contributed by atoms with van der Waals surface area (Å²) in [5.74, 6) is 0.734. The number of nitrogens with one attached hydrogen (secondary N) is 1. The van der Waals surface area contributed by atoms with Crippen molar-refractivity contribution in [2.75, 3.05) is 23.3 Å². The van der Waals surface area contributed by atoms with Crippen molar-refractivity contribution >= 4 is 21.4 Å². The lowest BCUT2D eigenvalue weighted by Gasteiger charge is -2.32. The van der Waals surface area contributed by atoms with Crippen molar-refractivity contribution in [3.05, 3.63) is 53.6 Å². The van der Waals surface area contributed by atoms with Gasteiger partial charge in [-0.3, -0.25) is 0 Å². The van der Waals surface area contributed by atoms with E-state index in [1.54, 1.807) is 0 Å². The van der Waals surface area contributed by atoms with Crippen LogP contribution in [0.15, 0.2) is 47.4 Å². The smallest absolute Gasteiger partial charge is 0.380 e. The second-order valence-electron chi connectivity index (χ2n) is 7.44. The molecule has 0 saturated carbocycles. The molecule has 0 spiro atoms. The molecular weight excluding hydrogens is 403 g/mol. The van der Waals surface area contributed by atoms with Crippen LogP contribution in [-0.2, 0) is 22.7 Å². The summed E-state index contributed by atoms with van der Waals surface area (Å²) in [6, 6.07) is 10.4. The van der Waals surface area contributed by atoms with Gasteiger partial charge in [-0.15, -0.1) is 0 Å². The van der Waals surface area contributed by atoms with E-state index in [2.05, 4.69) is 17.1 Å². The molecule has 1 aliphatic rings. The van der Waals surface area contributed by atoms with Crippen molar-refractivity contribution in [1.29, 1.82) is 0 Å². The van der Waals surface area contributed by atoms with Gasteiger partial charge in [-0.25, -0.2) is 13.6 Å². The highest BCUT2D eigenvalue weighted by molar-refractivity contribution is 7.89. The Labute approximate surface area is 168 Å². The fourth-order valence-corrected chi connectivity index (χ4v) is 3.92. The summed E-state index contributed by atoms with van der Waals surface area (Å²) in [6.07, 6.45) is -2.41. The normalized spacial score (nSPS) is 16.1. The molecule has 2 aromatic carbocycles. The van der Waals surface area contributed by atoms with E-state index in [1.807, 2.05) is 24.3 Å². The predicted molar refractivity (Wildman–Crippen MR) is 107 cm³/mol. The van der Waals surface area contributed by atoms with E-state index in [0.29, 0.717) is 6.07 Å². The molecule has 29 heavy (non-hydrogen) atoms. The molecule has 1 saturated heterocycles. The molecule has 3 rings (SSSR count). The number of benzene rings is 2. The highest BCUT2D eigenvalue weighted by atomic mass is 32.2. The van der Waals surface area contributed by atoms with Gasteiger partial charge in [0.2, 0.25) is 10.0 Å². The number of nitrogens with zero attached hydrogens (tertiary/aromatic N) is 1. The number of alkyl halides is 3. The maximum Gasteiger partial charge on any atom is 0.418 e. The van der Waals surface area contributed by atoms with Gasteiger partial charge in [0, 0.05) is 31.0 Å². The molecule has 2 aromatic rings. The molecule has 1 aliphatic heterocycles. The van der Waals surface area contributed by atoms with E-state index >= 15 is 0 Å². The zero-order valence-electron chi connectivity index (χ0n) is 16.0. The fraction of sp³-hybridized carbons (Fsp3) is 0.400. The first-order chi connectivity index (χ1) is 13.5. The maximum atomic E-state index is 13.3. The van der Waals surface area contributed by atoms with Crippen LogP contribution in [0.25, 0.3) is 0 Å². The number of rotatable bonds is 5. The van der Waals surface area contributed by atoms with Crippen LogP contribution in [0.4, 0.5) is 24.5 Å². The second kappa shape index (κ2) is 8.23. The van der Waals surface area contributed by atoms with Crippen LogP contribution < -0.4 is 15.4 Å². The number of sulfonamides is 1. The van der Waals surface area contributed by atoms with Crippen molar-refractivity contribution < 1.29 is 21.6 Å². The predicted octanol–water partition coefficient (Wildman–Crippen LogP) is 4.20. The third-order valence-corrected chi connectivity index (χ3v) is 6.10. The van der Waals surface area contributed by atoms with Gasteiger partial charge in [-0.05, 0) is 54.7 Å². The third-order valence-electron chi connectivity index (χ3n) is 5.19. The number of piperidine rings is 1. The standard InChI is InChI=1S/C20H24F3N3O2S/c1-14-8-10-26(11-9-14)16-4-2-15(3-5-16)13-25-19-7-6-17(29(24,27)28)12-18(19)20(21,22)23/h2-7,12,14,25H,8-11,13H2,1H3,(H2,24,27,28).